The topological polar surface area (TPSA) is 59.4 Å². The summed E-state index contributed by atoms with van der Waals surface area (Å²) in [5, 5.41) is 7.06. The molecule has 0 aromatic carbocycles. The molecule has 1 aliphatic rings. The number of hydrogen-bond donors (Lipinski definition) is 1. The van der Waals surface area contributed by atoms with Crippen LogP contribution in [-0.2, 0) is 9.53 Å². The highest BCUT2D eigenvalue weighted by Gasteiger charge is 2.16. The first-order chi connectivity index (χ1) is 9.16. The first-order valence-corrected chi connectivity index (χ1v) is 7.23. The molecule has 7 heteroatoms. The quantitative estimate of drug-likeness (QED) is 0.861. The molecule has 1 saturated heterocycles. The van der Waals surface area contributed by atoms with Crippen LogP contribution in [0.25, 0.3) is 0 Å². The van der Waals surface area contributed by atoms with E-state index in [4.69, 9.17) is 4.74 Å². The van der Waals surface area contributed by atoms with E-state index in [9.17, 15) is 4.79 Å². The maximum absolute atomic E-state index is 12.0. The van der Waals surface area contributed by atoms with Crippen LogP contribution < -0.4 is 5.32 Å². The van der Waals surface area contributed by atoms with E-state index in [1.807, 2.05) is 6.92 Å². The molecule has 1 N–H and O–H groups in total. The number of nitrogens with zero attached hydrogens (tertiary/aromatic N) is 3. The van der Waals surface area contributed by atoms with E-state index in [0.717, 1.165) is 37.3 Å². The number of hydrogen-bond acceptors (Lipinski definition) is 4. The summed E-state index contributed by atoms with van der Waals surface area (Å²) in [5.41, 5.74) is 0. The van der Waals surface area contributed by atoms with Crippen LogP contribution in [-0.4, -0.2) is 60.0 Å². The zero-order valence-corrected chi connectivity index (χ0v) is 12.6. The van der Waals surface area contributed by atoms with E-state index in [1.54, 1.807) is 17.1 Å². The van der Waals surface area contributed by atoms with E-state index >= 15 is 0 Å². The Kier molecular flexibility index (Phi) is 5.35. The van der Waals surface area contributed by atoms with Crippen molar-refractivity contribution < 1.29 is 9.53 Å². The number of rotatable bonds is 5. The number of ether oxygens (including phenoxy) is 1. The lowest BCUT2D eigenvalue weighted by molar-refractivity contribution is -0.124. The first-order valence-electron chi connectivity index (χ1n) is 6.44. The molecule has 0 bridgehead atoms. The fourth-order valence-electron chi connectivity index (χ4n) is 1.96. The van der Waals surface area contributed by atoms with Gasteiger partial charge >= 0.3 is 0 Å². The Bertz CT molecular complexity index is 418. The van der Waals surface area contributed by atoms with Crippen LogP contribution in [0.5, 0.6) is 0 Å². The molecule has 1 amide bonds. The van der Waals surface area contributed by atoms with Crippen molar-refractivity contribution in [1.82, 2.24) is 20.0 Å². The average molecular weight is 331 g/mol. The van der Waals surface area contributed by atoms with Crippen molar-refractivity contribution in [3.8, 4) is 0 Å². The molecule has 1 aliphatic heterocycles. The zero-order valence-electron chi connectivity index (χ0n) is 11.0. The minimum atomic E-state index is -0.295. The molecular weight excluding hydrogens is 312 g/mol. The van der Waals surface area contributed by atoms with Crippen molar-refractivity contribution in [2.75, 3.05) is 39.4 Å². The third-order valence-corrected chi connectivity index (χ3v) is 3.59. The van der Waals surface area contributed by atoms with Gasteiger partial charge in [0.15, 0.2) is 0 Å². The number of carbonyl (C=O) groups excluding carboxylic acids is 1. The predicted molar refractivity (Wildman–Crippen MR) is 74.9 cm³/mol. The summed E-state index contributed by atoms with van der Waals surface area (Å²) in [6.45, 7) is 6.81. The number of carbonyl (C=O) groups is 1. The SMILES string of the molecule is C[C@@H](C(=O)NCCN1CCOCC1)n1cc(Br)cn1. The predicted octanol–water partition coefficient (Wildman–Crippen LogP) is 0.655. The van der Waals surface area contributed by atoms with Crippen LogP contribution in [0.1, 0.15) is 13.0 Å². The minimum absolute atomic E-state index is 0.0103. The number of amides is 1. The highest BCUT2D eigenvalue weighted by molar-refractivity contribution is 9.10. The molecule has 0 spiro atoms. The first kappa shape index (κ1) is 14.5. The standard InChI is InChI=1S/C12H19BrN4O2/c1-10(17-9-11(13)8-15-17)12(18)14-2-3-16-4-6-19-7-5-16/h8-10H,2-7H2,1H3,(H,14,18)/t10-/m0/s1. The van der Waals surface area contributed by atoms with Crippen molar-refractivity contribution in [3.63, 3.8) is 0 Å². The highest BCUT2D eigenvalue weighted by Crippen LogP contribution is 2.11. The van der Waals surface area contributed by atoms with Gasteiger partial charge in [-0.2, -0.15) is 5.10 Å². The van der Waals surface area contributed by atoms with Gasteiger partial charge in [0.1, 0.15) is 6.04 Å². The van der Waals surface area contributed by atoms with E-state index in [0.29, 0.717) is 6.54 Å². The van der Waals surface area contributed by atoms with Gasteiger partial charge in [-0.15, -0.1) is 0 Å². The molecule has 0 radical (unpaired) electrons. The molecule has 106 valence electrons. The molecule has 1 aromatic rings. The Balaban J connectivity index is 1.71. The molecule has 6 nitrogen and oxygen atoms in total. The lowest BCUT2D eigenvalue weighted by Crippen LogP contribution is -2.42. The molecule has 19 heavy (non-hydrogen) atoms. The monoisotopic (exact) mass is 330 g/mol. The summed E-state index contributed by atoms with van der Waals surface area (Å²) in [6, 6.07) is -0.295. The Morgan fingerprint density at radius 3 is 2.95 bits per heavy atom. The average Bonchev–Trinajstić information content (AvgIpc) is 2.85. The summed E-state index contributed by atoms with van der Waals surface area (Å²) < 4.78 is 7.80. The third kappa shape index (κ3) is 4.29. The molecule has 1 fully saturated rings. The second kappa shape index (κ2) is 7.02. The van der Waals surface area contributed by atoms with Gasteiger partial charge in [-0.1, -0.05) is 0 Å². The normalized spacial score (nSPS) is 18.2. The summed E-state index contributed by atoms with van der Waals surface area (Å²) in [5.74, 6) is -0.0103. The van der Waals surface area contributed by atoms with Crippen LogP contribution in [0.4, 0.5) is 0 Å². The van der Waals surface area contributed by atoms with Crippen molar-refractivity contribution in [2.24, 2.45) is 0 Å². The van der Waals surface area contributed by atoms with Crippen molar-refractivity contribution in [2.45, 2.75) is 13.0 Å². The third-order valence-electron chi connectivity index (χ3n) is 3.18. The van der Waals surface area contributed by atoms with Gasteiger partial charge in [0, 0.05) is 32.4 Å². The Morgan fingerprint density at radius 2 is 2.32 bits per heavy atom. The largest absolute Gasteiger partial charge is 0.379 e. The Morgan fingerprint density at radius 1 is 1.58 bits per heavy atom. The van der Waals surface area contributed by atoms with Gasteiger partial charge in [0.25, 0.3) is 0 Å². The van der Waals surface area contributed by atoms with Crippen LogP contribution in [0.2, 0.25) is 0 Å². The van der Waals surface area contributed by atoms with Crippen molar-refractivity contribution in [3.05, 3.63) is 16.9 Å². The van der Waals surface area contributed by atoms with Gasteiger partial charge in [-0.3, -0.25) is 14.4 Å². The van der Waals surface area contributed by atoms with Crippen LogP contribution in [0.3, 0.4) is 0 Å². The molecule has 0 aliphatic carbocycles. The number of halogens is 1. The number of morpholine rings is 1. The summed E-state index contributed by atoms with van der Waals surface area (Å²) >= 11 is 3.32. The van der Waals surface area contributed by atoms with Crippen LogP contribution in [0, 0.1) is 0 Å². The maximum atomic E-state index is 12.0. The molecule has 0 unspecified atom stereocenters. The lowest BCUT2D eigenvalue weighted by atomic mass is 10.3. The lowest BCUT2D eigenvalue weighted by Gasteiger charge is -2.26. The molecule has 1 aromatic heterocycles. The summed E-state index contributed by atoms with van der Waals surface area (Å²) in [4.78, 5) is 14.3. The zero-order chi connectivity index (χ0) is 13.7. The highest BCUT2D eigenvalue weighted by atomic mass is 79.9. The molecular formula is C12H19BrN4O2. The van der Waals surface area contributed by atoms with E-state index in [-0.39, 0.29) is 11.9 Å². The smallest absolute Gasteiger partial charge is 0.244 e. The van der Waals surface area contributed by atoms with E-state index in [1.165, 1.54) is 0 Å². The number of aromatic nitrogens is 2. The fourth-order valence-corrected chi connectivity index (χ4v) is 2.26. The van der Waals surface area contributed by atoms with Gasteiger partial charge in [0.05, 0.1) is 23.9 Å². The van der Waals surface area contributed by atoms with Crippen LogP contribution in [0.15, 0.2) is 16.9 Å². The molecule has 2 rings (SSSR count). The second-order valence-electron chi connectivity index (χ2n) is 4.56. The fraction of sp³-hybridized carbons (Fsp3) is 0.667. The Hall–Kier alpha value is -0.920. The van der Waals surface area contributed by atoms with Gasteiger partial charge in [0.2, 0.25) is 5.91 Å². The van der Waals surface area contributed by atoms with E-state index in [2.05, 4.69) is 31.2 Å². The summed E-state index contributed by atoms with van der Waals surface area (Å²) in [7, 11) is 0. The van der Waals surface area contributed by atoms with Crippen LogP contribution >= 0.6 is 15.9 Å². The van der Waals surface area contributed by atoms with Gasteiger partial charge < -0.3 is 10.1 Å². The van der Waals surface area contributed by atoms with E-state index < -0.39 is 0 Å². The second-order valence-corrected chi connectivity index (χ2v) is 5.48. The minimum Gasteiger partial charge on any atom is -0.379 e. The van der Waals surface area contributed by atoms with Gasteiger partial charge in [-0.25, -0.2) is 0 Å². The molecule has 2 heterocycles. The molecule has 0 saturated carbocycles. The molecule has 1 atom stereocenters. The maximum Gasteiger partial charge on any atom is 0.244 e. The van der Waals surface area contributed by atoms with Crippen molar-refractivity contribution >= 4 is 21.8 Å². The Labute approximate surface area is 121 Å². The van der Waals surface area contributed by atoms with Crippen molar-refractivity contribution in [1.29, 1.82) is 0 Å². The summed E-state index contributed by atoms with van der Waals surface area (Å²) in [6.07, 6.45) is 3.48. The number of nitrogens with one attached hydrogen (secondary N) is 1. The van der Waals surface area contributed by atoms with Gasteiger partial charge in [-0.05, 0) is 22.9 Å².